The van der Waals surface area contributed by atoms with Crippen LogP contribution in [0.2, 0.25) is 0 Å². The summed E-state index contributed by atoms with van der Waals surface area (Å²) in [5, 5.41) is 12.9. The quantitative estimate of drug-likeness (QED) is 0.414. The fourth-order valence-corrected chi connectivity index (χ4v) is 1.54. The van der Waals surface area contributed by atoms with Crippen LogP contribution in [0.25, 0.3) is 0 Å². The Morgan fingerprint density at radius 2 is 2.33 bits per heavy atom. The van der Waals surface area contributed by atoms with E-state index >= 15 is 0 Å². The zero-order valence-corrected chi connectivity index (χ0v) is 8.40. The summed E-state index contributed by atoms with van der Waals surface area (Å²) in [6.45, 7) is 0.522. The van der Waals surface area contributed by atoms with Gasteiger partial charge in [-0.15, -0.1) is 0 Å². The summed E-state index contributed by atoms with van der Waals surface area (Å²) in [4.78, 5) is 7.97. The van der Waals surface area contributed by atoms with Crippen LogP contribution in [-0.4, -0.2) is 27.2 Å². The molecule has 1 saturated carbocycles. The molecule has 0 unspecified atom stereocenters. The largest absolute Gasteiger partial charge is 0.388 e. The van der Waals surface area contributed by atoms with E-state index in [-0.39, 0.29) is 0 Å². The molecule has 6 heteroatoms. The third kappa shape index (κ3) is 2.34. The maximum absolute atomic E-state index is 9.85. The number of aromatic nitrogens is 2. The third-order valence-corrected chi connectivity index (χ3v) is 2.67. The Labute approximate surface area is 87.9 Å². The van der Waals surface area contributed by atoms with Gasteiger partial charge in [0.1, 0.15) is 5.82 Å². The van der Waals surface area contributed by atoms with Crippen molar-refractivity contribution in [3.05, 3.63) is 12.3 Å². The van der Waals surface area contributed by atoms with E-state index in [0.717, 1.165) is 19.3 Å². The maximum atomic E-state index is 9.85. The highest BCUT2D eigenvalue weighted by molar-refractivity contribution is 5.39. The summed E-state index contributed by atoms with van der Waals surface area (Å²) in [7, 11) is 0. The molecule has 1 aliphatic rings. The molecular weight excluding hydrogens is 194 g/mol. The molecule has 0 amide bonds. The summed E-state index contributed by atoms with van der Waals surface area (Å²) in [5.74, 6) is 6.21. The average molecular weight is 209 g/mol. The number of hydrogen-bond acceptors (Lipinski definition) is 6. The molecule has 0 bridgehead atoms. The van der Waals surface area contributed by atoms with Crippen molar-refractivity contribution in [1.82, 2.24) is 9.97 Å². The molecule has 0 aromatic carbocycles. The summed E-state index contributed by atoms with van der Waals surface area (Å²) >= 11 is 0. The molecular formula is C9H15N5O. The molecule has 82 valence electrons. The number of nitrogen functional groups attached to an aromatic ring is 1. The first-order valence-electron chi connectivity index (χ1n) is 4.98. The second kappa shape index (κ2) is 4.00. The topological polar surface area (TPSA) is 96.1 Å². The van der Waals surface area contributed by atoms with Gasteiger partial charge in [-0.3, -0.25) is 5.43 Å². The number of rotatable bonds is 4. The van der Waals surface area contributed by atoms with Gasteiger partial charge in [0.25, 0.3) is 0 Å². The van der Waals surface area contributed by atoms with Crippen LogP contribution >= 0.6 is 0 Å². The monoisotopic (exact) mass is 209 g/mol. The maximum Gasteiger partial charge on any atom is 0.239 e. The van der Waals surface area contributed by atoms with E-state index in [1.807, 2.05) is 0 Å². The van der Waals surface area contributed by atoms with Crippen LogP contribution in [0.3, 0.4) is 0 Å². The van der Waals surface area contributed by atoms with Crippen LogP contribution < -0.4 is 16.6 Å². The molecule has 15 heavy (non-hydrogen) atoms. The lowest BCUT2D eigenvalue weighted by Crippen LogP contribution is -2.43. The zero-order chi connectivity index (χ0) is 10.7. The highest BCUT2D eigenvalue weighted by Crippen LogP contribution is 2.31. The van der Waals surface area contributed by atoms with Gasteiger partial charge in [-0.05, 0) is 25.3 Å². The summed E-state index contributed by atoms with van der Waals surface area (Å²) in [5.41, 5.74) is 1.81. The number of nitrogens with two attached hydrogens (primary N) is 1. The standard InChI is InChI=1S/C9H15N5O/c10-14-8-11-5-2-7(13-8)12-6-9(15)3-1-4-9/h2,5,15H,1,3-4,6,10H2,(H2,11,12,13,14). The summed E-state index contributed by atoms with van der Waals surface area (Å²) in [6, 6.07) is 1.74. The van der Waals surface area contributed by atoms with Gasteiger partial charge in [0.2, 0.25) is 5.95 Å². The summed E-state index contributed by atoms with van der Waals surface area (Å²) < 4.78 is 0. The van der Waals surface area contributed by atoms with E-state index in [1.165, 1.54) is 0 Å². The fourth-order valence-electron chi connectivity index (χ4n) is 1.54. The van der Waals surface area contributed by atoms with Gasteiger partial charge in [-0.1, -0.05) is 0 Å². The van der Waals surface area contributed by atoms with Crippen molar-refractivity contribution < 1.29 is 5.11 Å². The van der Waals surface area contributed by atoms with Crippen molar-refractivity contribution in [1.29, 1.82) is 0 Å². The van der Waals surface area contributed by atoms with E-state index in [0.29, 0.717) is 18.3 Å². The van der Waals surface area contributed by atoms with E-state index < -0.39 is 5.60 Å². The molecule has 1 aromatic rings. The van der Waals surface area contributed by atoms with Crippen LogP contribution in [0.15, 0.2) is 12.3 Å². The molecule has 1 aromatic heterocycles. The number of hydrogen-bond donors (Lipinski definition) is 4. The first kappa shape index (κ1) is 10.1. The van der Waals surface area contributed by atoms with Gasteiger partial charge in [-0.2, -0.15) is 4.98 Å². The minimum absolute atomic E-state index is 0.362. The Balaban J connectivity index is 1.92. The fraction of sp³-hybridized carbons (Fsp3) is 0.556. The molecule has 6 nitrogen and oxygen atoms in total. The smallest absolute Gasteiger partial charge is 0.239 e. The van der Waals surface area contributed by atoms with Crippen molar-refractivity contribution in [3.8, 4) is 0 Å². The lowest BCUT2D eigenvalue weighted by molar-refractivity contribution is -0.0202. The Hall–Kier alpha value is -1.40. The predicted molar refractivity (Wildman–Crippen MR) is 57.1 cm³/mol. The minimum atomic E-state index is -0.554. The second-order valence-electron chi connectivity index (χ2n) is 3.84. The Morgan fingerprint density at radius 1 is 1.53 bits per heavy atom. The number of nitrogens with zero attached hydrogens (tertiary/aromatic N) is 2. The third-order valence-electron chi connectivity index (χ3n) is 2.67. The van der Waals surface area contributed by atoms with Crippen molar-refractivity contribution in [2.24, 2.45) is 5.84 Å². The van der Waals surface area contributed by atoms with Crippen molar-refractivity contribution >= 4 is 11.8 Å². The Bertz CT molecular complexity index is 339. The minimum Gasteiger partial charge on any atom is -0.388 e. The highest BCUT2D eigenvalue weighted by Gasteiger charge is 2.33. The number of nitrogens with one attached hydrogen (secondary N) is 2. The first-order valence-corrected chi connectivity index (χ1v) is 4.98. The van der Waals surface area contributed by atoms with Gasteiger partial charge in [0.15, 0.2) is 0 Å². The lowest BCUT2D eigenvalue weighted by atomic mass is 9.80. The van der Waals surface area contributed by atoms with Crippen LogP contribution in [0.5, 0.6) is 0 Å². The summed E-state index contributed by atoms with van der Waals surface area (Å²) in [6.07, 6.45) is 4.41. The van der Waals surface area contributed by atoms with E-state index in [1.54, 1.807) is 12.3 Å². The van der Waals surface area contributed by atoms with E-state index in [4.69, 9.17) is 5.84 Å². The molecule has 1 fully saturated rings. The SMILES string of the molecule is NNc1nccc(NCC2(O)CCC2)n1. The number of anilines is 2. The van der Waals surface area contributed by atoms with Gasteiger partial charge in [-0.25, -0.2) is 10.8 Å². The second-order valence-corrected chi connectivity index (χ2v) is 3.84. The Kier molecular flexibility index (Phi) is 2.70. The molecule has 0 atom stereocenters. The zero-order valence-electron chi connectivity index (χ0n) is 8.40. The van der Waals surface area contributed by atoms with E-state index in [2.05, 4.69) is 20.7 Å². The normalized spacial score (nSPS) is 18.0. The van der Waals surface area contributed by atoms with Crippen molar-refractivity contribution in [2.75, 3.05) is 17.3 Å². The van der Waals surface area contributed by atoms with Gasteiger partial charge in [0, 0.05) is 12.7 Å². The van der Waals surface area contributed by atoms with Crippen LogP contribution in [0, 0.1) is 0 Å². The van der Waals surface area contributed by atoms with Gasteiger partial charge >= 0.3 is 0 Å². The lowest BCUT2D eigenvalue weighted by Gasteiger charge is -2.36. The molecule has 0 saturated heterocycles. The van der Waals surface area contributed by atoms with Crippen LogP contribution in [0.4, 0.5) is 11.8 Å². The molecule has 0 spiro atoms. The Morgan fingerprint density at radius 3 is 2.93 bits per heavy atom. The number of aliphatic hydroxyl groups is 1. The molecule has 1 heterocycles. The van der Waals surface area contributed by atoms with Gasteiger partial charge in [0.05, 0.1) is 5.60 Å². The van der Waals surface area contributed by atoms with Crippen LogP contribution in [-0.2, 0) is 0 Å². The van der Waals surface area contributed by atoms with Crippen LogP contribution in [0.1, 0.15) is 19.3 Å². The molecule has 2 rings (SSSR count). The predicted octanol–water partition coefficient (Wildman–Crippen LogP) is 0.0891. The first-order chi connectivity index (χ1) is 7.22. The van der Waals surface area contributed by atoms with E-state index in [9.17, 15) is 5.11 Å². The highest BCUT2D eigenvalue weighted by atomic mass is 16.3. The average Bonchev–Trinajstić information content (AvgIpc) is 2.24. The van der Waals surface area contributed by atoms with Crippen molar-refractivity contribution in [2.45, 2.75) is 24.9 Å². The van der Waals surface area contributed by atoms with Crippen molar-refractivity contribution in [3.63, 3.8) is 0 Å². The molecule has 0 radical (unpaired) electrons. The number of hydrazine groups is 1. The molecule has 1 aliphatic carbocycles. The molecule has 0 aliphatic heterocycles. The van der Waals surface area contributed by atoms with Gasteiger partial charge < -0.3 is 10.4 Å². The molecule has 5 N–H and O–H groups in total.